The molecular formula is C23H24N2O3. The lowest BCUT2D eigenvalue weighted by molar-refractivity contribution is -0.122. The molecule has 1 aliphatic rings. The third-order valence-electron chi connectivity index (χ3n) is 5.20. The van der Waals surface area contributed by atoms with Crippen molar-refractivity contribution in [3.8, 4) is 17.1 Å². The van der Waals surface area contributed by atoms with E-state index in [-0.39, 0.29) is 11.9 Å². The third kappa shape index (κ3) is 3.93. The minimum absolute atomic E-state index is 0.00638. The van der Waals surface area contributed by atoms with Crippen molar-refractivity contribution < 1.29 is 13.9 Å². The third-order valence-corrected chi connectivity index (χ3v) is 5.20. The zero-order chi connectivity index (χ0) is 19.5. The molecule has 2 heterocycles. The van der Waals surface area contributed by atoms with E-state index in [0.29, 0.717) is 25.3 Å². The molecule has 4 rings (SSSR count). The van der Waals surface area contributed by atoms with Crippen molar-refractivity contribution in [1.29, 1.82) is 0 Å². The summed E-state index contributed by atoms with van der Waals surface area (Å²) in [6, 6.07) is 14.0. The maximum absolute atomic E-state index is 12.4. The largest absolute Gasteiger partial charge is 0.493 e. The number of nitrogens with one attached hydrogen (secondary N) is 1. The zero-order valence-corrected chi connectivity index (χ0v) is 16.2. The maximum atomic E-state index is 12.4. The number of rotatable bonds is 5. The molecule has 0 fully saturated rings. The number of amides is 1. The number of benzene rings is 2. The fourth-order valence-corrected chi connectivity index (χ4v) is 3.43. The normalized spacial score (nSPS) is 15.6. The Morgan fingerprint density at radius 2 is 2.04 bits per heavy atom. The molecule has 1 atom stereocenters. The van der Waals surface area contributed by atoms with E-state index < -0.39 is 0 Å². The van der Waals surface area contributed by atoms with Crippen molar-refractivity contribution in [3.05, 3.63) is 71.2 Å². The molecule has 1 N–H and O–H groups in total. The summed E-state index contributed by atoms with van der Waals surface area (Å²) in [5.74, 6) is 2.16. The highest BCUT2D eigenvalue weighted by molar-refractivity contribution is 5.76. The van der Waals surface area contributed by atoms with Crippen molar-refractivity contribution in [3.63, 3.8) is 0 Å². The number of oxazole rings is 1. The van der Waals surface area contributed by atoms with E-state index in [9.17, 15) is 4.79 Å². The van der Waals surface area contributed by atoms with Gasteiger partial charge in [0, 0.05) is 30.4 Å². The molecule has 0 saturated carbocycles. The van der Waals surface area contributed by atoms with Crippen LogP contribution in [0.25, 0.3) is 11.3 Å². The lowest BCUT2D eigenvalue weighted by Crippen LogP contribution is -2.32. The van der Waals surface area contributed by atoms with E-state index in [4.69, 9.17) is 9.15 Å². The number of hydrogen-bond donors (Lipinski definition) is 1. The van der Waals surface area contributed by atoms with Gasteiger partial charge in [-0.1, -0.05) is 30.3 Å². The van der Waals surface area contributed by atoms with Crippen LogP contribution in [-0.2, 0) is 11.2 Å². The van der Waals surface area contributed by atoms with Gasteiger partial charge in [0.05, 0.1) is 18.8 Å². The molecule has 0 radical (unpaired) electrons. The van der Waals surface area contributed by atoms with Gasteiger partial charge in [0.2, 0.25) is 5.91 Å². The van der Waals surface area contributed by atoms with E-state index in [0.717, 1.165) is 29.1 Å². The molecule has 1 unspecified atom stereocenters. The molecule has 0 saturated heterocycles. The van der Waals surface area contributed by atoms with Crippen LogP contribution >= 0.6 is 0 Å². The molecule has 1 aliphatic heterocycles. The lowest BCUT2D eigenvalue weighted by atomic mass is 10.0. The first kappa shape index (κ1) is 18.3. The van der Waals surface area contributed by atoms with E-state index in [1.807, 2.05) is 30.3 Å². The van der Waals surface area contributed by atoms with Gasteiger partial charge in [-0.05, 0) is 37.1 Å². The van der Waals surface area contributed by atoms with Crippen LogP contribution in [0.3, 0.4) is 0 Å². The Morgan fingerprint density at radius 1 is 1.18 bits per heavy atom. The fourth-order valence-electron chi connectivity index (χ4n) is 3.43. The van der Waals surface area contributed by atoms with Gasteiger partial charge < -0.3 is 14.5 Å². The number of ether oxygens (including phenoxy) is 1. The first-order valence-electron chi connectivity index (χ1n) is 9.63. The van der Waals surface area contributed by atoms with Gasteiger partial charge in [-0.15, -0.1) is 0 Å². The SMILES string of the molecule is Cc1ccc(-c2cnc(CCC(=O)NC3CCOc4ccccc43)o2)cc1C. The predicted molar refractivity (Wildman–Crippen MR) is 107 cm³/mol. The Morgan fingerprint density at radius 3 is 2.89 bits per heavy atom. The number of hydrogen-bond acceptors (Lipinski definition) is 4. The Balaban J connectivity index is 1.36. The minimum Gasteiger partial charge on any atom is -0.493 e. The number of para-hydroxylation sites is 1. The summed E-state index contributed by atoms with van der Waals surface area (Å²) in [6.45, 7) is 4.77. The number of carbonyl (C=O) groups is 1. The van der Waals surface area contributed by atoms with Crippen LogP contribution in [-0.4, -0.2) is 17.5 Å². The van der Waals surface area contributed by atoms with Gasteiger partial charge in [-0.3, -0.25) is 4.79 Å². The predicted octanol–water partition coefficient (Wildman–Crippen LogP) is 4.53. The molecule has 5 nitrogen and oxygen atoms in total. The highest BCUT2D eigenvalue weighted by Gasteiger charge is 2.22. The second kappa shape index (κ2) is 7.89. The number of fused-ring (bicyclic) bond motifs is 1. The summed E-state index contributed by atoms with van der Waals surface area (Å²) in [7, 11) is 0. The van der Waals surface area contributed by atoms with E-state index in [2.05, 4.69) is 36.3 Å². The van der Waals surface area contributed by atoms with Crippen molar-refractivity contribution in [2.24, 2.45) is 0 Å². The summed E-state index contributed by atoms with van der Waals surface area (Å²) < 4.78 is 11.5. The Kier molecular flexibility index (Phi) is 5.15. The summed E-state index contributed by atoms with van der Waals surface area (Å²) in [5, 5.41) is 3.11. The van der Waals surface area contributed by atoms with Crippen LogP contribution in [0.5, 0.6) is 5.75 Å². The number of aromatic nitrogens is 1. The molecule has 1 amide bonds. The monoisotopic (exact) mass is 376 g/mol. The molecule has 0 bridgehead atoms. The second-order valence-corrected chi connectivity index (χ2v) is 7.21. The second-order valence-electron chi connectivity index (χ2n) is 7.21. The number of aryl methyl sites for hydroxylation is 3. The zero-order valence-electron chi connectivity index (χ0n) is 16.2. The van der Waals surface area contributed by atoms with Crippen LogP contribution in [0.15, 0.2) is 53.1 Å². The quantitative estimate of drug-likeness (QED) is 0.710. The van der Waals surface area contributed by atoms with Crippen molar-refractivity contribution in [1.82, 2.24) is 10.3 Å². The molecule has 1 aromatic heterocycles. The van der Waals surface area contributed by atoms with Crippen molar-refractivity contribution in [2.45, 2.75) is 39.2 Å². The average Bonchev–Trinajstić information content (AvgIpc) is 3.18. The molecule has 144 valence electrons. The van der Waals surface area contributed by atoms with Crippen molar-refractivity contribution in [2.75, 3.05) is 6.61 Å². The number of nitrogens with zero attached hydrogens (tertiary/aromatic N) is 1. The molecule has 5 heteroatoms. The standard InChI is InChI=1S/C23H24N2O3/c1-15-7-8-17(13-16(15)2)21-14-24-23(28-21)10-9-22(26)25-19-11-12-27-20-6-4-3-5-18(19)20/h3-8,13-14,19H,9-12H2,1-2H3,(H,25,26). The summed E-state index contributed by atoms with van der Waals surface area (Å²) in [6.07, 6.45) is 3.32. The van der Waals surface area contributed by atoms with Crippen LogP contribution in [0, 0.1) is 13.8 Å². The summed E-state index contributed by atoms with van der Waals surface area (Å²) in [4.78, 5) is 16.8. The van der Waals surface area contributed by atoms with Gasteiger partial charge in [-0.25, -0.2) is 4.98 Å². The van der Waals surface area contributed by atoms with Crippen molar-refractivity contribution >= 4 is 5.91 Å². The number of carbonyl (C=O) groups excluding carboxylic acids is 1. The Bertz CT molecular complexity index is 993. The van der Waals surface area contributed by atoms with Gasteiger partial charge in [0.1, 0.15) is 5.75 Å². The van der Waals surface area contributed by atoms with Crippen LogP contribution in [0.4, 0.5) is 0 Å². The van der Waals surface area contributed by atoms with E-state index in [1.165, 1.54) is 11.1 Å². The Labute approximate surface area is 164 Å². The molecule has 28 heavy (non-hydrogen) atoms. The first-order chi connectivity index (χ1) is 13.6. The summed E-state index contributed by atoms with van der Waals surface area (Å²) >= 11 is 0. The molecule has 0 aliphatic carbocycles. The topological polar surface area (TPSA) is 64.4 Å². The van der Waals surface area contributed by atoms with Crippen LogP contribution < -0.4 is 10.1 Å². The van der Waals surface area contributed by atoms with Gasteiger partial charge in [0.25, 0.3) is 0 Å². The molecule has 0 spiro atoms. The van der Waals surface area contributed by atoms with E-state index in [1.54, 1.807) is 6.20 Å². The average molecular weight is 376 g/mol. The molecular weight excluding hydrogens is 352 g/mol. The summed E-state index contributed by atoms with van der Waals surface area (Å²) in [5.41, 5.74) is 4.50. The van der Waals surface area contributed by atoms with Crippen LogP contribution in [0.1, 0.15) is 41.5 Å². The van der Waals surface area contributed by atoms with Gasteiger partial charge in [0.15, 0.2) is 11.7 Å². The molecule has 3 aromatic rings. The minimum atomic E-state index is -0.00682. The first-order valence-corrected chi connectivity index (χ1v) is 9.63. The van der Waals surface area contributed by atoms with E-state index >= 15 is 0 Å². The Hall–Kier alpha value is -3.08. The highest BCUT2D eigenvalue weighted by atomic mass is 16.5. The molecule has 2 aromatic carbocycles. The highest BCUT2D eigenvalue weighted by Crippen LogP contribution is 2.31. The fraction of sp³-hybridized carbons (Fsp3) is 0.304. The van der Waals surface area contributed by atoms with Gasteiger partial charge >= 0.3 is 0 Å². The van der Waals surface area contributed by atoms with Crippen LogP contribution in [0.2, 0.25) is 0 Å². The van der Waals surface area contributed by atoms with Gasteiger partial charge in [-0.2, -0.15) is 0 Å². The maximum Gasteiger partial charge on any atom is 0.220 e. The smallest absolute Gasteiger partial charge is 0.220 e. The lowest BCUT2D eigenvalue weighted by Gasteiger charge is -2.26.